The number of phenolic OH excluding ortho intramolecular Hbond substituents is 1. The van der Waals surface area contributed by atoms with Gasteiger partial charge in [-0.05, 0) is 64.7 Å². The molecule has 114 valence electrons. The second-order valence-corrected chi connectivity index (χ2v) is 7.06. The van der Waals surface area contributed by atoms with Crippen LogP contribution in [0, 0.1) is 5.92 Å². The number of aromatic hydroxyl groups is 1. The Labute approximate surface area is 126 Å². The Morgan fingerprint density at radius 2 is 1.81 bits per heavy atom. The molecule has 0 bridgehead atoms. The quantitative estimate of drug-likeness (QED) is 0.865. The van der Waals surface area contributed by atoms with Crippen molar-refractivity contribution in [2.45, 2.75) is 51.7 Å². The Balaban J connectivity index is 1.79. The molecule has 5 heteroatoms. The normalized spacial score (nSPS) is 23.3. The second kappa shape index (κ2) is 4.92. The SMILES string of the molecule is CC1(C)OB(c2cc(OCC3CC3)ccc2O)OC1(C)C. The first-order valence-corrected chi connectivity index (χ1v) is 7.60. The number of ether oxygens (including phenoxy) is 1. The minimum absolute atomic E-state index is 0.173. The fraction of sp³-hybridized carbons (Fsp3) is 0.625. The largest absolute Gasteiger partial charge is 0.508 e. The molecule has 2 aliphatic rings. The van der Waals surface area contributed by atoms with Gasteiger partial charge in [0.1, 0.15) is 11.5 Å². The summed E-state index contributed by atoms with van der Waals surface area (Å²) in [4.78, 5) is 0. The average molecular weight is 290 g/mol. The molecule has 0 amide bonds. The fourth-order valence-corrected chi connectivity index (χ4v) is 2.28. The van der Waals surface area contributed by atoms with E-state index in [2.05, 4.69) is 0 Å². The van der Waals surface area contributed by atoms with Crippen LogP contribution < -0.4 is 10.2 Å². The minimum atomic E-state index is -0.570. The average Bonchev–Trinajstić information content (AvgIpc) is 3.16. The summed E-state index contributed by atoms with van der Waals surface area (Å²) in [6.45, 7) is 8.73. The van der Waals surface area contributed by atoms with Crippen LogP contribution in [-0.2, 0) is 9.31 Å². The minimum Gasteiger partial charge on any atom is -0.508 e. The summed E-state index contributed by atoms with van der Waals surface area (Å²) in [6.07, 6.45) is 2.50. The zero-order chi connectivity index (χ0) is 15.3. The lowest BCUT2D eigenvalue weighted by Gasteiger charge is -2.32. The molecule has 1 aliphatic heterocycles. The molecule has 1 heterocycles. The molecule has 0 unspecified atom stereocenters. The molecule has 3 rings (SSSR count). The third-order valence-electron chi connectivity index (χ3n) is 4.69. The van der Waals surface area contributed by atoms with Gasteiger partial charge in [0, 0.05) is 5.46 Å². The lowest BCUT2D eigenvalue weighted by atomic mass is 9.78. The molecule has 0 radical (unpaired) electrons. The molecule has 21 heavy (non-hydrogen) atoms. The Morgan fingerprint density at radius 3 is 2.38 bits per heavy atom. The molecule has 1 saturated heterocycles. The van der Waals surface area contributed by atoms with E-state index in [-0.39, 0.29) is 5.75 Å². The van der Waals surface area contributed by atoms with E-state index in [0.29, 0.717) is 11.4 Å². The van der Waals surface area contributed by atoms with E-state index >= 15 is 0 Å². The molecule has 1 aliphatic carbocycles. The summed E-state index contributed by atoms with van der Waals surface area (Å²) in [7, 11) is -0.570. The number of hydrogen-bond donors (Lipinski definition) is 1. The van der Waals surface area contributed by atoms with Gasteiger partial charge in [0.15, 0.2) is 0 Å². The van der Waals surface area contributed by atoms with Gasteiger partial charge in [-0.1, -0.05) is 0 Å². The van der Waals surface area contributed by atoms with Gasteiger partial charge in [0.2, 0.25) is 0 Å². The smallest absolute Gasteiger partial charge is 0.498 e. The highest BCUT2D eigenvalue weighted by Crippen LogP contribution is 2.37. The first kappa shape index (κ1) is 14.7. The van der Waals surface area contributed by atoms with Crippen molar-refractivity contribution >= 4 is 12.6 Å². The van der Waals surface area contributed by atoms with E-state index < -0.39 is 18.3 Å². The van der Waals surface area contributed by atoms with Crippen LogP contribution in [0.3, 0.4) is 0 Å². The summed E-state index contributed by atoms with van der Waals surface area (Å²) >= 11 is 0. The highest BCUT2D eigenvalue weighted by molar-refractivity contribution is 6.63. The van der Waals surface area contributed by atoms with Crippen molar-refractivity contribution in [2.75, 3.05) is 6.61 Å². The maximum absolute atomic E-state index is 10.1. The van der Waals surface area contributed by atoms with Crippen molar-refractivity contribution in [1.82, 2.24) is 0 Å². The molecule has 4 nitrogen and oxygen atoms in total. The molecular formula is C16H23BO4. The van der Waals surface area contributed by atoms with Crippen molar-refractivity contribution in [2.24, 2.45) is 5.92 Å². The molecular weight excluding hydrogens is 267 g/mol. The van der Waals surface area contributed by atoms with Gasteiger partial charge in [0.05, 0.1) is 17.8 Å². The fourth-order valence-electron chi connectivity index (χ4n) is 2.28. The van der Waals surface area contributed by atoms with Crippen molar-refractivity contribution in [3.63, 3.8) is 0 Å². The zero-order valence-electron chi connectivity index (χ0n) is 13.2. The van der Waals surface area contributed by atoms with E-state index in [9.17, 15) is 5.11 Å². The van der Waals surface area contributed by atoms with Crippen LogP contribution in [0.5, 0.6) is 11.5 Å². The van der Waals surface area contributed by atoms with Crippen molar-refractivity contribution < 1.29 is 19.2 Å². The summed E-state index contributed by atoms with van der Waals surface area (Å²) in [5, 5.41) is 10.1. The topological polar surface area (TPSA) is 47.9 Å². The number of benzene rings is 1. The van der Waals surface area contributed by atoms with E-state index in [1.807, 2.05) is 33.8 Å². The number of hydrogen-bond acceptors (Lipinski definition) is 4. The molecule has 1 saturated carbocycles. The van der Waals surface area contributed by atoms with E-state index in [0.717, 1.165) is 12.4 Å². The third kappa shape index (κ3) is 2.90. The lowest BCUT2D eigenvalue weighted by Crippen LogP contribution is -2.41. The van der Waals surface area contributed by atoms with Gasteiger partial charge in [-0.3, -0.25) is 0 Å². The van der Waals surface area contributed by atoms with Crippen LogP contribution in [0.2, 0.25) is 0 Å². The Hall–Kier alpha value is -1.20. The maximum Gasteiger partial charge on any atom is 0.498 e. The van der Waals surface area contributed by atoms with Crippen LogP contribution in [-0.4, -0.2) is 30.0 Å². The van der Waals surface area contributed by atoms with Gasteiger partial charge in [-0.25, -0.2) is 0 Å². The Kier molecular flexibility index (Phi) is 3.45. The van der Waals surface area contributed by atoms with Crippen molar-refractivity contribution in [1.29, 1.82) is 0 Å². The van der Waals surface area contributed by atoms with E-state index in [4.69, 9.17) is 14.0 Å². The third-order valence-corrected chi connectivity index (χ3v) is 4.69. The highest BCUT2D eigenvalue weighted by Gasteiger charge is 2.52. The summed E-state index contributed by atoms with van der Waals surface area (Å²) in [5.74, 6) is 1.62. The van der Waals surface area contributed by atoms with Crippen molar-refractivity contribution in [3.05, 3.63) is 18.2 Å². The molecule has 2 fully saturated rings. The highest BCUT2D eigenvalue weighted by atomic mass is 16.7. The summed E-state index contributed by atoms with van der Waals surface area (Å²) < 4.78 is 17.7. The predicted molar refractivity (Wildman–Crippen MR) is 82.0 cm³/mol. The first-order valence-electron chi connectivity index (χ1n) is 7.60. The molecule has 1 aromatic rings. The second-order valence-electron chi connectivity index (χ2n) is 7.06. The molecule has 1 N–H and O–H groups in total. The lowest BCUT2D eigenvalue weighted by molar-refractivity contribution is 0.00578. The standard InChI is InChI=1S/C16H23BO4/c1-15(2)16(3,4)21-17(20-15)13-9-12(7-8-14(13)18)19-10-11-5-6-11/h7-9,11,18H,5-6,10H2,1-4H3. The van der Waals surface area contributed by atoms with Crippen LogP contribution in [0.25, 0.3) is 0 Å². The first-order chi connectivity index (χ1) is 9.78. The summed E-state index contributed by atoms with van der Waals surface area (Å²) in [5.41, 5.74) is -0.216. The maximum atomic E-state index is 10.1. The summed E-state index contributed by atoms with van der Waals surface area (Å²) in [6, 6.07) is 5.24. The number of rotatable bonds is 4. The van der Waals surface area contributed by atoms with E-state index in [1.165, 1.54) is 12.8 Å². The monoisotopic (exact) mass is 290 g/mol. The molecule has 0 atom stereocenters. The van der Waals surface area contributed by atoms with Gasteiger partial charge < -0.3 is 19.2 Å². The zero-order valence-corrected chi connectivity index (χ0v) is 13.2. The van der Waals surface area contributed by atoms with Crippen LogP contribution in [0.15, 0.2) is 18.2 Å². The van der Waals surface area contributed by atoms with Gasteiger partial charge >= 0.3 is 7.12 Å². The van der Waals surface area contributed by atoms with Crippen LogP contribution >= 0.6 is 0 Å². The van der Waals surface area contributed by atoms with Gasteiger partial charge in [0.25, 0.3) is 0 Å². The Bertz CT molecular complexity index is 521. The Morgan fingerprint density at radius 1 is 1.19 bits per heavy atom. The van der Waals surface area contributed by atoms with Crippen LogP contribution in [0.1, 0.15) is 40.5 Å². The van der Waals surface area contributed by atoms with Crippen molar-refractivity contribution in [3.8, 4) is 11.5 Å². The van der Waals surface area contributed by atoms with E-state index in [1.54, 1.807) is 12.1 Å². The van der Waals surface area contributed by atoms with Gasteiger partial charge in [-0.2, -0.15) is 0 Å². The molecule has 0 aromatic heterocycles. The molecule has 1 aromatic carbocycles. The number of phenols is 1. The molecule has 0 spiro atoms. The van der Waals surface area contributed by atoms with Gasteiger partial charge in [-0.15, -0.1) is 0 Å². The van der Waals surface area contributed by atoms with Crippen LogP contribution in [0.4, 0.5) is 0 Å². The predicted octanol–water partition coefficient (Wildman–Crippen LogP) is 2.48.